The molecule has 0 saturated heterocycles. The molecule has 0 atom stereocenters. The summed E-state index contributed by atoms with van der Waals surface area (Å²) in [4.78, 5) is 24.0. The smallest absolute Gasteiger partial charge is 0.329 e. The second kappa shape index (κ2) is 7.40. The summed E-state index contributed by atoms with van der Waals surface area (Å²) in [5.74, 6) is -1.57. The average Bonchev–Trinajstić information content (AvgIpc) is 3.12. The predicted octanol–water partition coefficient (Wildman–Crippen LogP) is 2.61. The molecule has 1 aliphatic carbocycles. The SMILES string of the molecule is O=C(NC1(C(=O)O)CCCC1)c1ccc(S(=O)(=O)Nc2ccccc2)cc1. The zero-order valence-electron chi connectivity index (χ0n) is 14.5. The Morgan fingerprint density at radius 3 is 2.07 bits per heavy atom. The van der Waals surface area contributed by atoms with Gasteiger partial charge < -0.3 is 10.4 Å². The maximum absolute atomic E-state index is 12.4. The molecule has 1 saturated carbocycles. The van der Waals surface area contributed by atoms with Crippen molar-refractivity contribution in [1.29, 1.82) is 0 Å². The lowest BCUT2D eigenvalue weighted by Gasteiger charge is -2.25. The molecule has 3 rings (SSSR count). The number of amides is 1. The van der Waals surface area contributed by atoms with Crippen LogP contribution in [0.3, 0.4) is 0 Å². The topological polar surface area (TPSA) is 113 Å². The van der Waals surface area contributed by atoms with Crippen LogP contribution in [-0.2, 0) is 14.8 Å². The third kappa shape index (κ3) is 4.11. The van der Waals surface area contributed by atoms with Gasteiger partial charge in [0.2, 0.25) is 0 Å². The Morgan fingerprint density at radius 2 is 1.52 bits per heavy atom. The molecule has 1 fully saturated rings. The van der Waals surface area contributed by atoms with Crippen LogP contribution in [0.2, 0.25) is 0 Å². The highest BCUT2D eigenvalue weighted by Crippen LogP contribution is 2.30. The van der Waals surface area contributed by atoms with Gasteiger partial charge in [0.15, 0.2) is 0 Å². The van der Waals surface area contributed by atoms with E-state index < -0.39 is 27.4 Å². The Bertz CT molecular complexity index is 934. The van der Waals surface area contributed by atoms with Gasteiger partial charge in [0, 0.05) is 11.3 Å². The van der Waals surface area contributed by atoms with Crippen LogP contribution in [0.25, 0.3) is 0 Å². The highest BCUT2D eigenvalue weighted by molar-refractivity contribution is 7.92. The monoisotopic (exact) mass is 388 g/mol. The number of benzene rings is 2. The Morgan fingerprint density at radius 1 is 0.926 bits per heavy atom. The summed E-state index contributed by atoms with van der Waals surface area (Å²) in [5, 5.41) is 12.1. The number of sulfonamides is 1. The number of nitrogens with one attached hydrogen (secondary N) is 2. The number of para-hydroxylation sites is 1. The van der Waals surface area contributed by atoms with E-state index in [9.17, 15) is 23.1 Å². The van der Waals surface area contributed by atoms with Crippen LogP contribution in [0.15, 0.2) is 59.5 Å². The lowest BCUT2D eigenvalue weighted by atomic mass is 9.97. The van der Waals surface area contributed by atoms with E-state index in [1.54, 1.807) is 30.3 Å². The second-order valence-corrected chi connectivity index (χ2v) is 8.23. The van der Waals surface area contributed by atoms with E-state index in [-0.39, 0.29) is 10.5 Å². The van der Waals surface area contributed by atoms with Gasteiger partial charge in [-0.25, -0.2) is 13.2 Å². The van der Waals surface area contributed by atoms with Gasteiger partial charge in [-0.1, -0.05) is 31.0 Å². The van der Waals surface area contributed by atoms with Crippen molar-refractivity contribution in [3.8, 4) is 0 Å². The fraction of sp³-hybridized carbons (Fsp3) is 0.263. The van der Waals surface area contributed by atoms with Crippen LogP contribution in [-0.4, -0.2) is 30.9 Å². The molecule has 0 spiro atoms. The highest BCUT2D eigenvalue weighted by atomic mass is 32.2. The lowest BCUT2D eigenvalue weighted by Crippen LogP contribution is -2.52. The molecule has 1 amide bonds. The molecule has 0 bridgehead atoms. The van der Waals surface area contributed by atoms with Crippen molar-refractivity contribution < 1.29 is 23.1 Å². The first-order chi connectivity index (χ1) is 12.8. The minimum absolute atomic E-state index is 0.0108. The van der Waals surface area contributed by atoms with E-state index in [2.05, 4.69) is 10.0 Å². The molecule has 142 valence electrons. The summed E-state index contributed by atoms with van der Waals surface area (Å²) < 4.78 is 27.3. The molecule has 2 aromatic rings. The molecular weight excluding hydrogens is 368 g/mol. The van der Waals surface area contributed by atoms with Gasteiger partial charge in [-0.15, -0.1) is 0 Å². The van der Waals surface area contributed by atoms with E-state index in [1.807, 2.05) is 0 Å². The van der Waals surface area contributed by atoms with E-state index in [0.717, 1.165) is 12.8 Å². The number of hydrogen-bond acceptors (Lipinski definition) is 4. The zero-order chi connectivity index (χ0) is 19.5. The summed E-state index contributed by atoms with van der Waals surface area (Å²) in [6.07, 6.45) is 2.27. The van der Waals surface area contributed by atoms with Crippen LogP contribution in [0, 0.1) is 0 Å². The number of aliphatic carboxylic acids is 1. The largest absolute Gasteiger partial charge is 0.480 e. The van der Waals surface area contributed by atoms with Gasteiger partial charge in [-0.2, -0.15) is 0 Å². The van der Waals surface area contributed by atoms with E-state index in [4.69, 9.17) is 0 Å². The quantitative estimate of drug-likeness (QED) is 0.704. The van der Waals surface area contributed by atoms with Crippen LogP contribution >= 0.6 is 0 Å². The van der Waals surface area contributed by atoms with Crippen molar-refractivity contribution in [1.82, 2.24) is 5.32 Å². The van der Waals surface area contributed by atoms with E-state index in [1.165, 1.54) is 24.3 Å². The van der Waals surface area contributed by atoms with Crippen molar-refractivity contribution in [3.63, 3.8) is 0 Å². The summed E-state index contributed by atoms with van der Waals surface area (Å²) in [6.45, 7) is 0. The number of rotatable bonds is 6. The van der Waals surface area contributed by atoms with Gasteiger partial charge in [0.05, 0.1) is 4.90 Å². The van der Waals surface area contributed by atoms with Crippen molar-refractivity contribution in [2.45, 2.75) is 36.1 Å². The van der Waals surface area contributed by atoms with Crippen LogP contribution < -0.4 is 10.0 Å². The summed E-state index contributed by atoms with van der Waals surface area (Å²) >= 11 is 0. The Labute approximate surface area is 157 Å². The summed E-state index contributed by atoms with van der Waals surface area (Å²) in [5.41, 5.74) is -0.596. The van der Waals surface area contributed by atoms with Gasteiger partial charge in [-0.3, -0.25) is 9.52 Å². The first-order valence-electron chi connectivity index (χ1n) is 8.56. The Hall–Kier alpha value is -2.87. The molecule has 1 aliphatic rings. The average molecular weight is 388 g/mol. The standard InChI is InChI=1S/C19H20N2O5S/c22-17(20-19(18(23)24)12-4-5-13-19)14-8-10-16(11-9-14)27(25,26)21-15-6-2-1-3-7-15/h1-3,6-11,21H,4-5,12-13H2,(H,20,22)(H,23,24). The van der Waals surface area contributed by atoms with Crippen molar-refractivity contribution in [2.75, 3.05) is 4.72 Å². The van der Waals surface area contributed by atoms with Gasteiger partial charge in [-0.05, 0) is 49.2 Å². The Kier molecular flexibility index (Phi) is 5.18. The number of hydrogen-bond donors (Lipinski definition) is 3. The van der Waals surface area contributed by atoms with Crippen LogP contribution in [0.1, 0.15) is 36.0 Å². The van der Waals surface area contributed by atoms with Crippen molar-refractivity contribution >= 4 is 27.6 Å². The molecule has 0 aromatic heterocycles. The van der Waals surface area contributed by atoms with E-state index >= 15 is 0 Å². The summed E-state index contributed by atoms with van der Waals surface area (Å²) in [7, 11) is -3.78. The maximum atomic E-state index is 12.4. The second-order valence-electron chi connectivity index (χ2n) is 6.54. The molecule has 0 unspecified atom stereocenters. The first-order valence-corrected chi connectivity index (χ1v) is 10.0. The Balaban J connectivity index is 1.75. The molecule has 27 heavy (non-hydrogen) atoms. The number of carboxylic acid groups (broad SMARTS) is 1. The summed E-state index contributed by atoms with van der Waals surface area (Å²) in [6, 6.07) is 13.9. The number of carbonyl (C=O) groups is 2. The van der Waals surface area contributed by atoms with Crippen molar-refractivity contribution in [2.24, 2.45) is 0 Å². The fourth-order valence-corrected chi connectivity index (χ4v) is 4.22. The molecule has 2 aromatic carbocycles. The fourth-order valence-electron chi connectivity index (χ4n) is 3.17. The molecule has 3 N–H and O–H groups in total. The molecular formula is C19H20N2O5S. The van der Waals surface area contributed by atoms with Gasteiger partial charge in [0.1, 0.15) is 5.54 Å². The molecule has 0 radical (unpaired) electrons. The lowest BCUT2D eigenvalue weighted by molar-refractivity contribution is -0.144. The minimum Gasteiger partial charge on any atom is -0.480 e. The molecule has 0 aliphatic heterocycles. The van der Waals surface area contributed by atoms with Crippen molar-refractivity contribution in [3.05, 3.63) is 60.2 Å². The molecule has 0 heterocycles. The van der Waals surface area contributed by atoms with Gasteiger partial charge in [0.25, 0.3) is 15.9 Å². The number of anilines is 1. The minimum atomic E-state index is -3.78. The first kappa shape index (κ1) is 18.9. The third-order valence-electron chi connectivity index (χ3n) is 4.67. The molecule has 8 heteroatoms. The molecule has 7 nitrogen and oxygen atoms in total. The number of carboxylic acids is 1. The number of carbonyl (C=O) groups excluding carboxylic acids is 1. The predicted molar refractivity (Wildman–Crippen MR) is 100.0 cm³/mol. The normalized spacial score (nSPS) is 15.9. The van der Waals surface area contributed by atoms with Crippen LogP contribution in [0.4, 0.5) is 5.69 Å². The zero-order valence-corrected chi connectivity index (χ0v) is 15.3. The van der Waals surface area contributed by atoms with Gasteiger partial charge >= 0.3 is 5.97 Å². The third-order valence-corrected chi connectivity index (χ3v) is 6.07. The van der Waals surface area contributed by atoms with E-state index in [0.29, 0.717) is 18.5 Å². The maximum Gasteiger partial charge on any atom is 0.329 e. The van der Waals surface area contributed by atoms with Crippen LogP contribution in [0.5, 0.6) is 0 Å². The highest BCUT2D eigenvalue weighted by Gasteiger charge is 2.42.